The number of halogens is 4. The minimum absolute atomic E-state index is 0.0616. The number of thiazole rings is 2. The van der Waals surface area contributed by atoms with Crippen molar-refractivity contribution in [2.75, 3.05) is 24.8 Å². The van der Waals surface area contributed by atoms with Crippen LogP contribution in [0.1, 0.15) is 169 Å². The number of unbranched alkanes of at least 4 members (excludes halogenated alkanes) is 4. The standard InChI is InChI=1S/C26H27F3N4O2S.C26H27N5OS.C23H23FN4O3S.C23H23N5OS/c1-3-5-6-7-12-35-16-8-10-18(20(13-16)26(27,28)29)21-14-19(22-11-9-17(4-2)36-22)23(25(34)32-21)24-30-15-31-33-24;1-4-19-14-27-25(33-19)20-13-21(30-24(32)22(20)23-28-15-29-31-23)18-7-5-16(6-8-18)17-9-11-26(2,3)12-10-17;1-3-5-10-31-14-6-8-16(18(24)11-14)19-12-17(20-9-7-15(4-2)32-20)22(23(30)26-19)28-21(29)13-25-27-28;1-2-17-12-24-23(30-17)18-11-19(27-22(29)20(18)21-25-13-26-28-21)16-9-7-15(8-10-16)6-5-14-3-4-14/h8-11,13-15H,3-7,12H2,1-2H3,(H,32,34)(H,30,31,33);5-9,13-15H,4,10-12H2,1-3H3,(H,30,32)(H,28,29,31);6-9,11-12H,3-5,10,13H2,1-2H3,(H,26,30);7-14H,2-6H2,1H3,(H,27,29)(H,25,26,28). The molecule has 0 radical (unpaired) electrons. The molecular formula is C98H100F4N18O7S4. The van der Waals surface area contributed by atoms with Crippen molar-refractivity contribution in [3.05, 3.63) is 254 Å². The number of allylic oxidation sites excluding steroid dienone is 2. The van der Waals surface area contributed by atoms with Gasteiger partial charge in [0, 0.05) is 98.2 Å². The molecule has 4 aromatic carbocycles. The summed E-state index contributed by atoms with van der Waals surface area (Å²) in [7, 11) is 0. The number of nitrogens with zero attached hydrogens (tertiary/aromatic N) is 11. The fourth-order valence-corrected chi connectivity index (χ4v) is 19.0. The smallest absolute Gasteiger partial charge is 0.417 e. The van der Waals surface area contributed by atoms with E-state index >= 15 is 0 Å². The maximum absolute atomic E-state index is 14.9. The second kappa shape index (κ2) is 42.2. The van der Waals surface area contributed by atoms with Crippen LogP contribution in [0.2, 0.25) is 0 Å². The molecule has 131 heavy (non-hydrogen) atoms. The van der Waals surface area contributed by atoms with Crippen molar-refractivity contribution in [3.63, 3.8) is 0 Å². The van der Waals surface area contributed by atoms with Crippen LogP contribution < -0.4 is 36.7 Å². The highest BCUT2D eigenvalue weighted by Crippen LogP contribution is 2.45. The number of amides is 1. The Morgan fingerprint density at radius 2 is 0.977 bits per heavy atom. The Balaban J connectivity index is 0.000000134. The number of anilines is 1. The molecule has 1 aliphatic heterocycles. The number of rotatable bonds is 30. The van der Waals surface area contributed by atoms with Gasteiger partial charge >= 0.3 is 6.18 Å². The lowest BCUT2D eigenvalue weighted by Gasteiger charge is -2.28. The third-order valence-corrected chi connectivity index (χ3v) is 27.8. The van der Waals surface area contributed by atoms with Gasteiger partial charge in [-0.1, -0.05) is 154 Å². The molecule has 12 heterocycles. The van der Waals surface area contributed by atoms with Crippen LogP contribution in [0.25, 0.3) is 127 Å². The highest BCUT2D eigenvalue weighted by Gasteiger charge is 2.36. The second-order valence-corrected chi connectivity index (χ2v) is 37.4. The summed E-state index contributed by atoms with van der Waals surface area (Å²) in [4.78, 5) is 104. The fourth-order valence-electron chi connectivity index (χ4n) is 15.3. The van der Waals surface area contributed by atoms with Crippen molar-refractivity contribution in [3.8, 4) is 133 Å². The Morgan fingerprint density at radius 3 is 1.46 bits per heavy atom. The first-order chi connectivity index (χ1) is 63.5. The van der Waals surface area contributed by atoms with Crippen LogP contribution in [-0.2, 0) is 43.1 Å². The van der Waals surface area contributed by atoms with Crippen molar-refractivity contribution in [2.24, 2.45) is 21.7 Å². The number of aromatic nitrogens is 15. The predicted molar refractivity (Wildman–Crippen MR) is 511 cm³/mol. The number of carbonyl (C=O) groups is 1. The molecule has 1 amide bonds. The molecule has 33 heteroatoms. The van der Waals surface area contributed by atoms with Crippen LogP contribution in [0.5, 0.6) is 11.5 Å². The van der Waals surface area contributed by atoms with Gasteiger partial charge in [0.05, 0.1) is 41.2 Å². The molecule has 3 aliphatic rings. The molecule has 7 N–H and O–H groups in total. The van der Waals surface area contributed by atoms with Gasteiger partial charge in [-0.25, -0.2) is 29.3 Å². The number of H-pyrrole nitrogens is 7. The Labute approximate surface area is 769 Å². The van der Waals surface area contributed by atoms with Gasteiger partial charge in [-0.2, -0.15) is 38.6 Å². The third-order valence-electron chi connectivity index (χ3n) is 22.9. The topological polar surface area (TPSA) is 345 Å². The number of hydrogen-bond donors (Lipinski definition) is 7. The SMILES string of the molecule is CCCCCCOc1ccc(-c2cc(-c3ccc(CC)s3)c(-c3ncn[nH]3)c(=O)[nH]2)c(C(F)(F)F)c1.CCCCOc1ccc(-c2cc(-c3ccc(CC)s3)c(N3N=NCC3=O)c(=O)[nH]2)c(F)c1.CCc1cnc(-c2cc(-c3ccc(C4=CCC(C)(C)CC4)cc3)[nH]c(=O)c2-c2ncn[nH]2)s1.CCc1cnc(-c2cc(-c3ccc(CCC4CC4)cc3)[nH]c(=O)c2-c2ncn[nH]2)s1. The average molecular weight is 1850 g/mol. The van der Waals surface area contributed by atoms with Gasteiger partial charge in [0.2, 0.25) is 0 Å². The molecule has 2 aliphatic carbocycles. The van der Waals surface area contributed by atoms with E-state index in [4.69, 9.17) is 9.47 Å². The van der Waals surface area contributed by atoms with Crippen LogP contribution in [0.4, 0.5) is 23.2 Å². The summed E-state index contributed by atoms with van der Waals surface area (Å²) in [6, 6.07) is 40.3. The second-order valence-electron chi connectivity index (χ2n) is 32.8. The lowest BCUT2D eigenvalue weighted by atomic mass is 9.77. The van der Waals surface area contributed by atoms with Gasteiger partial charge in [-0.05, 0) is 189 Å². The third kappa shape index (κ3) is 22.5. The molecule has 18 rings (SSSR count). The van der Waals surface area contributed by atoms with E-state index in [1.807, 2.05) is 62.6 Å². The van der Waals surface area contributed by atoms with E-state index in [-0.39, 0.29) is 57.3 Å². The number of aryl methyl sites for hydroxylation is 5. The Bertz CT molecular complexity index is 6780. The molecule has 0 spiro atoms. The Kier molecular flexibility index (Phi) is 29.8. The number of aromatic amines is 7. The van der Waals surface area contributed by atoms with Crippen LogP contribution in [-0.4, -0.2) is 101 Å². The van der Waals surface area contributed by atoms with Crippen LogP contribution in [0.3, 0.4) is 0 Å². The van der Waals surface area contributed by atoms with Crippen molar-refractivity contribution < 1.29 is 31.8 Å². The van der Waals surface area contributed by atoms with E-state index in [0.29, 0.717) is 64.0 Å². The molecule has 0 atom stereocenters. The molecule has 0 bridgehead atoms. The zero-order chi connectivity index (χ0) is 91.9. The molecule has 15 aromatic rings. The fraction of sp³-hybridized carbons (Fsp3) is 0.316. The summed E-state index contributed by atoms with van der Waals surface area (Å²) < 4.78 is 68.4. The van der Waals surface area contributed by atoms with Crippen molar-refractivity contribution in [1.29, 1.82) is 0 Å². The number of ether oxygens (including phenoxy) is 2. The molecule has 676 valence electrons. The zero-order valence-electron chi connectivity index (χ0n) is 73.8. The molecular weight excluding hydrogens is 1750 g/mol. The summed E-state index contributed by atoms with van der Waals surface area (Å²) in [6.07, 6.45) is 23.3. The molecule has 0 unspecified atom stereocenters. The highest BCUT2D eigenvalue weighted by atomic mass is 32.1. The van der Waals surface area contributed by atoms with Crippen LogP contribution in [0.15, 0.2) is 200 Å². The lowest BCUT2D eigenvalue weighted by Crippen LogP contribution is -2.29. The minimum Gasteiger partial charge on any atom is -0.494 e. The summed E-state index contributed by atoms with van der Waals surface area (Å²) in [5, 5.41) is 30.2. The maximum Gasteiger partial charge on any atom is 0.417 e. The van der Waals surface area contributed by atoms with E-state index in [2.05, 4.69) is 182 Å². The quantitative estimate of drug-likeness (QED) is 0.0162. The molecule has 25 nitrogen and oxygen atoms in total. The Hall–Kier alpha value is -13.1. The summed E-state index contributed by atoms with van der Waals surface area (Å²) >= 11 is 6.19. The first kappa shape index (κ1) is 92.6. The number of thiophene rings is 2. The molecule has 1 fully saturated rings. The number of carbonyl (C=O) groups excluding carboxylic acids is 1. The number of nitrogens with one attached hydrogen (secondary N) is 7. The average Bonchev–Trinajstić information content (AvgIpc) is 1.71. The van der Waals surface area contributed by atoms with Crippen molar-refractivity contribution in [2.45, 2.75) is 171 Å². The number of benzene rings is 4. The monoisotopic (exact) mass is 1840 g/mol. The van der Waals surface area contributed by atoms with Gasteiger partial charge in [0.1, 0.15) is 58.5 Å². The predicted octanol–water partition coefficient (Wildman–Crippen LogP) is 23.4. The minimum atomic E-state index is -4.64. The van der Waals surface area contributed by atoms with E-state index in [0.717, 1.165) is 164 Å². The number of hydrogen-bond acceptors (Lipinski definition) is 21. The summed E-state index contributed by atoms with van der Waals surface area (Å²) in [5.41, 5.74) is 9.72. The van der Waals surface area contributed by atoms with Crippen molar-refractivity contribution in [1.82, 2.24) is 75.4 Å². The molecule has 1 saturated carbocycles. The van der Waals surface area contributed by atoms with E-state index in [9.17, 15) is 41.5 Å². The highest BCUT2D eigenvalue weighted by molar-refractivity contribution is 7.16. The molecule has 11 aromatic heterocycles. The Morgan fingerprint density at radius 1 is 0.489 bits per heavy atom. The van der Waals surface area contributed by atoms with E-state index in [1.165, 1.54) is 112 Å². The van der Waals surface area contributed by atoms with Gasteiger partial charge in [0.15, 0.2) is 17.5 Å². The number of alkyl halides is 3. The lowest BCUT2D eigenvalue weighted by molar-refractivity contribution is -0.137. The summed E-state index contributed by atoms with van der Waals surface area (Å²) in [5.74, 6) is 1.74. The van der Waals surface area contributed by atoms with Gasteiger partial charge in [-0.15, -0.1) is 45.3 Å². The summed E-state index contributed by atoms with van der Waals surface area (Å²) in [6.45, 7) is 17.8. The van der Waals surface area contributed by atoms with Gasteiger partial charge < -0.3 is 29.4 Å². The maximum atomic E-state index is 14.9. The van der Waals surface area contributed by atoms with Gasteiger partial charge in [-0.3, -0.25) is 39.3 Å². The zero-order valence-corrected chi connectivity index (χ0v) is 77.1. The molecule has 0 saturated heterocycles. The van der Waals surface area contributed by atoms with Crippen molar-refractivity contribution >= 4 is 62.5 Å². The van der Waals surface area contributed by atoms with Crippen LogP contribution >= 0.6 is 45.3 Å². The normalized spacial score (nSPS) is 13.5. The van der Waals surface area contributed by atoms with Gasteiger partial charge in [0.25, 0.3) is 28.1 Å². The van der Waals surface area contributed by atoms with E-state index < -0.39 is 34.6 Å². The van der Waals surface area contributed by atoms with E-state index in [1.54, 1.807) is 46.9 Å². The largest absolute Gasteiger partial charge is 0.494 e. The first-order valence-corrected chi connectivity index (χ1v) is 47.4. The first-order valence-electron chi connectivity index (χ1n) is 44.1. The number of pyridine rings is 4. The van der Waals surface area contributed by atoms with Crippen LogP contribution in [0, 0.1) is 17.2 Å².